The molecular formula is C27H28ClN3O6. The number of rotatable bonds is 7. The first-order valence-electron chi connectivity index (χ1n) is 12.0. The molecule has 0 amide bonds. The molecule has 2 heterocycles. The van der Waals surface area contributed by atoms with Crippen LogP contribution in [-0.2, 0) is 25.7 Å². The molecule has 2 aromatic rings. The van der Waals surface area contributed by atoms with Crippen LogP contribution in [0.5, 0.6) is 0 Å². The van der Waals surface area contributed by atoms with Gasteiger partial charge >= 0.3 is 11.9 Å². The van der Waals surface area contributed by atoms with Gasteiger partial charge in [0.15, 0.2) is 0 Å². The maximum absolute atomic E-state index is 13.5. The largest absolute Gasteiger partial charge is 0.459 e. The van der Waals surface area contributed by atoms with Crippen molar-refractivity contribution in [2.24, 2.45) is 0 Å². The summed E-state index contributed by atoms with van der Waals surface area (Å²) in [7, 11) is 0. The van der Waals surface area contributed by atoms with Crippen LogP contribution in [0.25, 0.3) is 0 Å². The number of nitro groups is 1. The van der Waals surface area contributed by atoms with Crippen LogP contribution >= 0.6 is 11.6 Å². The first-order chi connectivity index (χ1) is 17.8. The van der Waals surface area contributed by atoms with E-state index in [0.717, 1.165) is 18.7 Å². The molecule has 10 heteroatoms. The number of ether oxygens (including phenoxy) is 2. The summed E-state index contributed by atoms with van der Waals surface area (Å²) in [6.07, 6.45) is 1.07. The lowest BCUT2D eigenvalue weighted by Crippen LogP contribution is -2.37. The first kappa shape index (κ1) is 26.4. The number of piperidine rings is 1. The highest BCUT2D eigenvalue weighted by Crippen LogP contribution is 2.41. The van der Waals surface area contributed by atoms with Gasteiger partial charge in [0.1, 0.15) is 17.7 Å². The standard InChI is InChI=1S/C27H28ClN3O6/c1-16-23(26(32)36-15-18-6-4-3-5-7-18)25(19-8-9-21(28)22(14-19)31(34)35)24(17(2)30-16)27(33)37-20-10-12-29-13-11-20/h3-9,14,20,25,29-30H,10-13,15H2,1-2H3. The molecule has 0 bridgehead atoms. The number of esters is 2. The molecular weight excluding hydrogens is 498 g/mol. The lowest BCUT2D eigenvalue weighted by atomic mass is 9.80. The van der Waals surface area contributed by atoms with E-state index in [2.05, 4.69) is 10.6 Å². The number of carbonyl (C=O) groups is 2. The van der Waals surface area contributed by atoms with Gasteiger partial charge in [-0.2, -0.15) is 0 Å². The minimum absolute atomic E-state index is 0.0293. The topological polar surface area (TPSA) is 120 Å². The van der Waals surface area contributed by atoms with Crippen molar-refractivity contribution in [3.8, 4) is 0 Å². The Balaban J connectivity index is 1.73. The smallest absolute Gasteiger partial charge is 0.337 e. The van der Waals surface area contributed by atoms with Gasteiger partial charge < -0.3 is 20.1 Å². The van der Waals surface area contributed by atoms with Crippen molar-refractivity contribution in [3.05, 3.63) is 97.3 Å². The van der Waals surface area contributed by atoms with Crippen molar-refractivity contribution in [1.82, 2.24) is 10.6 Å². The predicted molar refractivity (Wildman–Crippen MR) is 138 cm³/mol. The van der Waals surface area contributed by atoms with E-state index in [-0.39, 0.29) is 34.6 Å². The number of dihydropyridines is 1. The third-order valence-electron chi connectivity index (χ3n) is 6.47. The molecule has 1 atom stereocenters. The number of allylic oxidation sites excluding steroid dienone is 2. The van der Waals surface area contributed by atoms with Gasteiger partial charge in [-0.25, -0.2) is 9.59 Å². The van der Waals surface area contributed by atoms with E-state index in [4.69, 9.17) is 21.1 Å². The van der Waals surface area contributed by atoms with E-state index >= 15 is 0 Å². The Morgan fingerprint density at radius 1 is 1.03 bits per heavy atom. The summed E-state index contributed by atoms with van der Waals surface area (Å²) in [5.74, 6) is -2.17. The van der Waals surface area contributed by atoms with Crippen LogP contribution in [0.2, 0.25) is 5.02 Å². The van der Waals surface area contributed by atoms with E-state index < -0.39 is 22.8 Å². The number of carbonyl (C=O) groups excluding carboxylic acids is 2. The lowest BCUT2D eigenvalue weighted by Gasteiger charge is -2.32. The van der Waals surface area contributed by atoms with E-state index in [0.29, 0.717) is 29.8 Å². The minimum atomic E-state index is -0.949. The molecule has 1 unspecified atom stereocenters. The Labute approximate surface area is 219 Å². The molecule has 0 radical (unpaired) electrons. The van der Waals surface area contributed by atoms with E-state index in [1.165, 1.54) is 12.1 Å². The van der Waals surface area contributed by atoms with Gasteiger partial charge in [0.25, 0.3) is 5.69 Å². The lowest BCUT2D eigenvalue weighted by molar-refractivity contribution is -0.384. The van der Waals surface area contributed by atoms with E-state index in [1.54, 1.807) is 19.9 Å². The van der Waals surface area contributed by atoms with Crippen LogP contribution in [0.1, 0.15) is 43.7 Å². The predicted octanol–water partition coefficient (Wildman–Crippen LogP) is 4.52. The molecule has 1 fully saturated rings. The molecule has 9 nitrogen and oxygen atoms in total. The summed E-state index contributed by atoms with van der Waals surface area (Å²) in [4.78, 5) is 38.0. The molecule has 0 spiro atoms. The molecule has 194 valence electrons. The molecule has 2 N–H and O–H groups in total. The van der Waals surface area contributed by atoms with Crippen molar-refractivity contribution in [2.45, 2.75) is 45.3 Å². The van der Waals surface area contributed by atoms with Crippen LogP contribution < -0.4 is 10.6 Å². The Bertz CT molecular complexity index is 1270. The fraction of sp³-hybridized carbons (Fsp3) is 0.333. The van der Waals surface area contributed by atoms with Crippen LogP contribution in [0.3, 0.4) is 0 Å². The summed E-state index contributed by atoms with van der Waals surface area (Å²) in [6, 6.07) is 13.5. The number of nitrogens with one attached hydrogen (secondary N) is 2. The number of hydrogen-bond acceptors (Lipinski definition) is 8. The van der Waals surface area contributed by atoms with Gasteiger partial charge in [0.2, 0.25) is 0 Å². The van der Waals surface area contributed by atoms with Crippen LogP contribution in [0.15, 0.2) is 71.1 Å². The molecule has 0 aliphatic carbocycles. The molecule has 1 saturated heterocycles. The Morgan fingerprint density at radius 3 is 2.32 bits per heavy atom. The number of nitrogens with zero attached hydrogens (tertiary/aromatic N) is 1. The number of benzene rings is 2. The van der Waals surface area contributed by atoms with Gasteiger partial charge in [0.05, 0.1) is 22.0 Å². The Hall–Kier alpha value is -3.69. The maximum atomic E-state index is 13.5. The average Bonchev–Trinajstić information content (AvgIpc) is 2.88. The van der Waals surface area contributed by atoms with Crippen molar-refractivity contribution < 1.29 is 24.0 Å². The highest BCUT2D eigenvalue weighted by Gasteiger charge is 2.39. The Kier molecular flexibility index (Phi) is 8.25. The van der Waals surface area contributed by atoms with E-state index in [9.17, 15) is 19.7 Å². The van der Waals surface area contributed by atoms with Crippen molar-refractivity contribution in [3.63, 3.8) is 0 Å². The summed E-state index contributed by atoms with van der Waals surface area (Å²) in [5, 5.41) is 17.9. The monoisotopic (exact) mass is 525 g/mol. The van der Waals surface area contributed by atoms with Crippen LogP contribution in [0, 0.1) is 10.1 Å². The molecule has 0 aromatic heterocycles. The molecule has 2 aromatic carbocycles. The molecule has 2 aliphatic heterocycles. The zero-order valence-electron chi connectivity index (χ0n) is 20.6. The minimum Gasteiger partial charge on any atom is -0.459 e. The molecule has 2 aliphatic rings. The normalized spacial score (nSPS) is 18.3. The third-order valence-corrected chi connectivity index (χ3v) is 6.79. The van der Waals surface area contributed by atoms with Crippen molar-refractivity contribution >= 4 is 29.2 Å². The Morgan fingerprint density at radius 2 is 1.68 bits per heavy atom. The van der Waals surface area contributed by atoms with Crippen LogP contribution in [-0.4, -0.2) is 36.1 Å². The summed E-state index contributed by atoms with van der Waals surface area (Å²) >= 11 is 6.06. The van der Waals surface area contributed by atoms with Gasteiger partial charge in [-0.05, 0) is 57.0 Å². The highest BCUT2D eigenvalue weighted by atomic mass is 35.5. The second-order valence-electron chi connectivity index (χ2n) is 9.02. The summed E-state index contributed by atoms with van der Waals surface area (Å²) in [5.41, 5.74) is 2.20. The number of hydrogen-bond donors (Lipinski definition) is 2. The molecule has 37 heavy (non-hydrogen) atoms. The number of halogens is 1. The quantitative estimate of drug-likeness (QED) is 0.307. The summed E-state index contributed by atoms with van der Waals surface area (Å²) < 4.78 is 11.5. The summed E-state index contributed by atoms with van der Waals surface area (Å²) in [6.45, 7) is 4.91. The average molecular weight is 526 g/mol. The maximum Gasteiger partial charge on any atom is 0.337 e. The second-order valence-corrected chi connectivity index (χ2v) is 9.43. The highest BCUT2D eigenvalue weighted by molar-refractivity contribution is 6.32. The third kappa shape index (κ3) is 6.00. The van der Waals surface area contributed by atoms with E-state index in [1.807, 2.05) is 30.3 Å². The van der Waals surface area contributed by atoms with Crippen molar-refractivity contribution in [2.75, 3.05) is 13.1 Å². The van der Waals surface area contributed by atoms with Crippen molar-refractivity contribution in [1.29, 1.82) is 0 Å². The molecule has 4 rings (SSSR count). The fourth-order valence-electron chi connectivity index (χ4n) is 4.65. The van der Waals surface area contributed by atoms with Crippen LogP contribution in [0.4, 0.5) is 5.69 Å². The van der Waals surface area contributed by atoms with Gasteiger partial charge in [0, 0.05) is 17.5 Å². The zero-order chi connectivity index (χ0) is 26.5. The number of nitro benzene ring substituents is 1. The first-order valence-corrected chi connectivity index (χ1v) is 12.4. The molecule has 0 saturated carbocycles. The van der Waals surface area contributed by atoms with Gasteiger partial charge in [-0.1, -0.05) is 48.0 Å². The zero-order valence-corrected chi connectivity index (χ0v) is 21.3. The van der Waals surface area contributed by atoms with Gasteiger partial charge in [-0.3, -0.25) is 10.1 Å². The SMILES string of the molecule is CC1=C(C(=O)OCc2ccccc2)C(c2ccc(Cl)c([N+](=O)[O-])c2)C(C(=O)OC2CCNCC2)=C(C)N1. The van der Waals surface area contributed by atoms with Gasteiger partial charge in [-0.15, -0.1) is 0 Å². The second kappa shape index (κ2) is 11.6. The fourth-order valence-corrected chi connectivity index (χ4v) is 4.83.